The van der Waals surface area contributed by atoms with Crippen molar-refractivity contribution in [2.75, 3.05) is 7.11 Å². The summed E-state index contributed by atoms with van der Waals surface area (Å²) in [7, 11) is 1.32. The summed E-state index contributed by atoms with van der Waals surface area (Å²) in [5, 5.41) is 38.4. The fraction of sp³-hybridized carbons (Fsp3) is 0.0625. The summed E-state index contributed by atoms with van der Waals surface area (Å²) in [6.45, 7) is 0. The van der Waals surface area contributed by atoms with Gasteiger partial charge in [0.25, 0.3) is 0 Å². The van der Waals surface area contributed by atoms with E-state index in [1.807, 2.05) is 0 Å². The van der Waals surface area contributed by atoms with Gasteiger partial charge < -0.3 is 29.9 Å². The lowest BCUT2D eigenvalue weighted by Gasteiger charge is -2.07. The number of allylic oxidation sites excluding steroid dienone is 1. The number of phenolic OH excluding ortho intramolecular Hbond substituents is 4. The highest BCUT2D eigenvalue weighted by molar-refractivity contribution is 6.15. The van der Waals surface area contributed by atoms with Gasteiger partial charge in [-0.2, -0.15) is 0 Å². The molecule has 0 radical (unpaired) electrons. The van der Waals surface area contributed by atoms with E-state index in [1.54, 1.807) is 0 Å². The number of fused-ring (bicyclic) bond motifs is 1. The minimum Gasteiger partial charge on any atom is -0.504 e. The molecule has 118 valence electrons. The fourth-order valence-electron chi connectivity index (χ4n) is 2.23. The number of hydrogen-bond acceptors (Lipinski definition) is 7. The van der Waals surface area contributed by atoms with E-state index >= 15 is 0 Å². The normalized spacial score (nSPS) is 14.7. The average molecular weight is 316 g/mol. The molecule has 0 atom stereocenters. The highest BCUT2D eigenvalue weighted by atomic mass is 16.5. The van der Waals surface area contributed by atoms with Gasteiger partial charge in [0, 0.05) is 0 Å². The molecule has 3 rings (SSSR count). The molecule has 0 saturated heterocycles. The quantitative estimate of drug-likeness (QED) is 0.495. The van der Waals surface area contributed by atoms with Crippen LogP contribution in [0.5, 0.6) is 34.5 Å². The van der Waals surface area contributed by atoms with Crippen LogP contribution in [0, 0.1) is 0 Å². The maximum Gasteiger partial charge on any atom is 0.232 e. The summed E-state index contributed by atoms with van der Waals surface area (Å²) in [5.41, 5.74) is 0.457. The van der Waals surface area contributed by atoms with Crippen LogP contribution in [0.25, 0.3) is 6.08 Å². The van der Waals surface area contributed by atoms with Gasteiger partial charge in [-0.15, -0.1) is 0 Å². The topological polar surface area (TPSA) is 116 Å². The summed E-state index contributed by atoms with van der Waals surface area (Å²) in [6.07, 6.45) is 1.32. The van der Waals surface area contributed by atoms with Crippen LogP contribution in [0.2, 0.25) is 0 Å². The summed E-state index contributed by atoms with van der Waals surface area (Å²) in [4.78, 5) is 12.2. The van der Waals surface area contributed by atoms with Gasteiger partial charge in [-0.3, -0.25) is 4.79 Å². The SMILES string of the molecule is COc1cc(C=C2Oc3c(ccc(O)c3O)C2=O)cc(O)c1O. The van der Waals surface area contributed by atoms with Crippen molar-refractivity contribution in [3.63, 3.8) is 0 Å². The van der Waals surface area contributed by atoms with E-state index in [1.165, 1.54) is 37.5 Å². The van der Waals surface area contributed by atoms with Crippen LogP contribution in [-0.4, -0.2) is 33.3 Å². The second-order valence-corrected chi connectivity index (χ2v) is 4.84. The van der Waals surface area contributed by atoms with E-state index in [0.29, 0.717) is 5.56 Å². The lowest BCUT2D eigenvalue weighted by Crippen LogP contribution is -1.98. The Labute approximate surface area is 130 Å². The molecular weight excluding hydrogens is 304 g/mol. The molecule has 1 heterocycles. The Hall–Kier alpha value is -3.35. The molecule has 1 aliphatic heterocycles. The summed E-state index contributed by atoms with van der Waals surface area (Å²) in [6, 6.07) is 5.15. The second-order valence-electron chi connectivity index (χ2n) is 4.84. The summed E-state index contributed by atoms with van der Waals surface area (Å²) >= 11 is 0. The van der Waals surface area contributed by atoms with Crippen LogP contribution in [0.15, 0.2) is 30.0 Å². The Balaban J connectivity index is 2.04. The highest BCUT2D eigenvalue weighted by Gasteiger charge is 2.31. The number of phenols is 4. The van der Waals surface area contributed by atoms with Crippen molar-refractivity contribution in [3.05, 3.63) is 41.2 Å². The summed E-state index contributed by atoms with van der Waals surface area (Å²) < 4.78 is 10.2. The number of rotatable bonds is 2. The first kappa shape index (κ1) is 14.6. The zero-order valence-corrected chi connectivity index (χ0v) is 11.9. The molecule has 1 aliphatic rings. The maximum atomic E-state index is 12.2. The highest BCUT2D eigenvalue weighted by Crippen LogP contribution is 2.44. The van der Waals surface area contributed by atoms with E-state index in [2.05, 4.69) is 0 Å². The van der Waals surface area contributed by atoms with Crippen molar-refractivity contribution >= 4 is 11.9 Å². The Morgan fingerprint density at radius 2 is 1.78 bits per heavy atom. The number of methoxy groups -OCH3 is 1. The van der Waals surface area contributed by atoms with Crippen molar-refractivity contribution < 1.29 is 34.7 Å². The molecule has 0 aromatic heterocycles. The molecule has 0 saturated carbocycles. The molecule has 2 aromatic rings. The predicted molar refractivity (Wildman–Crippen MR) is 79.0 cm³/mol. The molecule has 4 N–H and O–H groups in total. The standard InChI is InChI=1S/C16H12O7/c1-22-11-5-7(4-10(18)14(11)20)6-12-13(19)8-2-3-9(17)15(21)16(8)23-12/h2-6,17-18,20-21H,1H3. The van der Waals surface area contributed by atoms with Gasteiger partial charge in [-0.1, -0.05) is 0 Å². The summed E-state index contributed by atoms with van der Waals surface area (Å²) in [5.74, 6) is -2.45. The van der Waals surface area contributed by atoms with Gasteiger partial charge in [-0.05, 0) is 35.9 Å². The molecular formula is C16H12O7. The van der Waals surface area contributed by atoms with Crippen LogP contribution >= 0.6 is 0 Å². The Kier molecular flexibility index (Phi) is 3.25. The molecule has 7 nitrogen and oxygen atoms in total. The molecule has 2 aromatic carbocycles. The molecule has 0 bridgehead atoms. The van der Waals surface area contributed by atoms with Gasteiger partial charge in [0.1, 0.15) is 0 Å². The zero-order chi connectivity index (χ0) is 16.7. The second kappa shape index (κ2) is 5.13. The van der Waals surface area contributed by atoms with Gasteiger partial charge in [-0.25, -0.2) is 0 Å². The number of aromatic hydroxyl groups is 4. The number of carbonyl (C=O) groups excluding carboxylic acids is 1. The third kappa shape index (κ3) is 2.28. The molecule has 0 amide bonds. The molecule has 0 spiro atoms. The first-order valence-electron chi connectivity index (χ1n) is 6.51. The van der Waals surface area contributed by atoms with E-state index in [-0.39, 0.29) is 22.8 Å². The van der Waals surface area contributed by atoms with Crippen LogP contribution in [0.3, 0.4) is 0 Å². The molecule has 0 unspecified atom stereocenters. The number of ketones is 1. The van der Waals surface area contributed by atoms with Crippen LogP contribution in [0.1, 0.15) is 15.9 Å². The van der Waals surface area contributed by atoms with E-state index < -0.39 is 28.8 Å². The Morgan fingerprint density at radius 3 is 2.48 bits per heavy atom. The molecule has 0 aliphatic carbocycles. The molecule has 7 heteroatoms. The number of ether oxygens (including phenoxy) is 2. The van der Waals surface area contributed by atoms with E-state index in [0.717, 1.165) is 0 Å². The van der Waals surface area contributed by atoms with Crippen molar-refractivity contribution in [2.45, 2.75) is 0 Å². The number of benzene rings is 2. The first-order chi connectivity index (χ1) is 10.9. The maximum absolute atomic E-state index is 12.2. The van der Waals surface area contributed by atoms with Crippen LogP contribution in [-0.2, 0) is 0 Å². The van der Waals surface area contributed by atoms with Crippen LogP contribution < -0.4 is 9.47 Å². The van der Waals surface area contributed by atoms with Gasteiger partial charge in [0.05, 0.1) is 12.7 Å². The predicted octanol–water partition coefficient (Wildman–Crippen LogP) is 2.13. The van der Waals surface area contributed by atoms with Crippen LogP contribution in [0.4, 0.5) is 0 Å². The minimum absolute atomic E-state index is 0.0281. The first-order valence-corrected chi connectivity index (χ1v) is 6.51. The van der Waals surface area contributed by atoms with E-state index in [4.69, 9.17) is 9.47 Å². The molecule has 0 fully saturated rings. The lowest BCUT2D eigenvalue weighted by molar-refractivity contribution is 0.101. The fourth-order valence-corrected chi connectivity index (χ4v) is 2.23. The van der Waals surface area contributed by atoms with Crippen molar-refractivity contribution in [2.24, 2.45) is 0 Å². The van der Waals surface area contributed by atoms with Gasteiger partial charge >= 0.3 is 0 Å². The Morgan fingerprint density at radius 1 is 1.04 bits per heavy atom. The van der Waals surface area contributed by atoms with E-state index in [9.17, 15) is 25.2 Å². The molecule has 23 heavy (non-hydrogen) atoms. The number of hydrogen-bond donors (Lipinski definition) is 4. The van der Waals surface area contributed by atoms with Crippen molar-refractivity contribution in [1.82, 2.24) is 0 Å². The largest absolute Gasteiger partial charge is 0.504 e. The zero-order valence-electron chi connectivity index (χ0n) is 11.9. The lowest BCUT2D eigenvalue weighted by atomic mass is 10.1. The van der Waals surface area contributed by atoms with Crippen molar-refractivity contribution in [1.29, 1.82) is 0 Å². The van der Waals surface area contributed by atoms with Gasteiger partial charge in [0.15, 0.2) is 28.8 Å². The number of Topliss-reactive ketones (excluding diaryl/α,β-unsaturated/α-hetero) is 1. The average Bonchev–Trinajstić information content (AvgIpc) is 2.84. The monoisotopic (exact) mass is 316 g/mol. The smallest absolute Gasteiger partial charge is 0.232 e. The van der Waals surface area contributed by atoms with Crippen molar-refractivity contribution in [3.8, 4) is 34.5 Å². The third-order valence-corrected chi connectivity index (χ3v) is 3.39. The number of carbonyl (C=O) groups is 1. The third-order valence-electron chi connectivity index (χ3n) is 3.39. The minimum atomic E-state index is -0.523. The Bertz CT molecular complexity index is 852. The van der Waals surface area contributed by atoms with Gasteiger partial charge in [0.2, 0.25) is 17.3 Å².